The number of hydrogen-bond donors (Lipinski definition) is 0. The SMILES string of the molecule is [CH2-]Cc1cccc2ccccc12.[Zn+][Br]. The second-order valence-electron chi connectivity index (χ2n) is 2.89. The fourth-order valence-electron chi connectivity index (χ4n) is 1.51. The first kappa shape index (κ1) is 11.9. The third-order valence-electron chi connectivity index (χ3n) is 2.15. The van der Waals surface area contributed by atoms with E-state index in [1.54, 1.807) is 0 Å². The Morgan fingerprint density at radius 1 is 1.00 bits per heavy atom. The molecule has 0 aliphatic heterocycles. The van der Waals surface area contributed by atoms with Crippen molar-refractivity contribution in [2.45, 2.75) is 6.42 Å². The summed E-state index contributed by atoms with van der Waals surface area (Å²) in [6, 6.07) is 14.8. The van der Waals surface area contributed by atoms with E-state index < -0.39 is 0 Å². The summed E-state index contributed by atoms with van der Waals surface area (Å²) in [5, 5.41) is 2.63. The summed E-state index contributed by atoms with van der Waals surface area (Å²) in [5.74, 6) is 0. The molecular weight excluding hydrogens is 289 g/mol. The topological polar surface area (TPSA) is 0 Å². The van der Waals surface area contributed by atoms with E-state index in [0.717, 1.165) is 6.42 Å². The summed E-state index contributed by atoms with van der Waals surface area (Å²) >= 11 is 4.25. The van der Waals surface area contributed by atoms with Crippen molar-refractivity contribution in [1.82, 2.24) is 0 Å². The van der Waals surface area contributed by atoms with E-state index in [2.05, 4.69) is 63.0 Å². The van der Waals surface area contributed by atoms with Crippen LogP contribution in [0.1, 0.15) is 5.56 Å². The number of halogens is 1. The molecule has 0 aromatic heterocycles. The van der Waals surface area contributed by atoms with Crippen LogP contribution in [0.15, 0.2) is 42.5 Å². The van der Waals surface area contributed by atoms with Crippen molar-refractivity contribution >= 4 is 24.4 Å². The van der Waals surface area contributed by atoms with Crippen LogP contribution in [0.25, 0.3) is 10.8 Å². The Bertz CT molecular complexity index is 393. The van der Waals surface area contributed by atoms with Crippen molar-refractivity contribution in [2.75, 3.05) is 0 Å². The summed E-state index contributed by atoms with van der Waals surface area (Å²) in [6.45, 7) is 3.91. The van der Waals surface area contributed by atoms with Gasteiger partial charge in [-0.05, 0) is 10.8 Å². The van der Waals surface area contributed by atoms with Crippen molar-refractivity contribution in [3.05, 3.63) is 55.0 Å². The Morgan fingerprint density at radius 3 is 2.36 bits per heavy atom. The van der Waals surface area contributed by atoms with E-state index in [-0.39, 0.29) is 0 Å². The first-order valence-corrected chi connectivity index (χ1v) is 11.4. The summed E-state index contributed by atoms with van der Waals surface area (Å²) < 4.78 is 0. The molecule has 2 aromatic rings. The third kappa shape index (κ3) is 2.65. The first-order chi connectivity index (χ1) is 6.92. The quantitative estimate of drug-likeness (QED) is 0.550. The van der Waals surface area contributed by atoms with E-state index >= 15 is 0 Å². The summed E-state index contributed by atoms with van der Waals surface area (Å²) in [7, 11) is 0. The number of fused-ring (bicyclic) bond motifs is 1. The predicted octanol–water partition coefficient (Wildman–Crippen LogP) is 4.06. The second kappa shape index (κ2) is 6.32. The van der Waals surface area contributed by atoms with Crippen molar-refractivity contribution in [3.8, 4) is 0 Å². The Labute approximate surface area is 102 Å². The predicted molar refractivity (Wildman–Crippen MR) is 61.9 cm³/mol. The van der Waals surface area contributed by atoms with Gasteiger partial charge in [0.05, 0.1) is 0 Å². The zero-order chi connectivity index (χ0) is 10.4. The van der Waals surface area contributed by atoms with Crippen molar-refractivity contribution in [3.63, 3.8) is 0 Å². The van der Waals surface area contributed by atoms with Crippen molar-refractivity contribution in [1.29, 1.82) is 0 Å². The Kier molecular flexibility index (Phi) is 5.36. The van der Waals surface area contributed by atoms with Crippen LogP contribution in [-0.4, -0.2) is 0 Å². The second-order valence-corrected chi connectivity index (χ2v) is 2.89. The average Bonchev–Trinajstić information content (AvgIpc) is 2.31. The molecule has 14 heavy (non-hydrogen) atoms. The molecule has 0 atom stereocenters. The van der Waals surface area contributed by atoms with Crippen molar-refractivity contribution in [2.24, 2.45) is 0 Å². The average molecular weight is 301 g/mol. The number of benzene rings is 2. The van der Waals surface area contributed by atoms with E-state index in [0.29, 0.717) is 0 Å². The van der Waals surface area contributed by atoms with Crippen molar-refractivity contribution < 1.29 is 16.3 Å². The molecule has 0 unspecified atom stereocenters. The van der Waals surface area contributed by atoms with Crippen LogP contribution >= 0.6 is 13.6 Å². The standard InChI is InChI=1S/C12H11.BrH.Zn/c1-2-10-7-5-8-11-6-3-4-9-12(10)11;;/h3-9H,1-2H2;1H;/q-1;;+2/p-1. The van der Waals surface area contributed by atoms with Crippen LogP contribution in [0.2, 0.25) is 0 Å². The molecule has 0 aliphatic carbocycles. The van der Waals surface area contributed by atoms with Gasteiger partial charge in [-0.2, -0.15) is 6.42 Å². The van der Waals surface area contributed by atoms with Gasteiger partial charge in [0.2, 0.25) is 0 Å². The molecule has 0 saturated heterocycles. The van der Waals surface area contributed by atoms with Gasteiger partial charge in [0.1, 0.15) is 0 Å². The molecule has 0 amide bonds. The van der Waals surface area contributed by atoms with Gasteiger partial charge in [-0.3, -0.25) is 0 Å². The van der Waals surface area contributed by atoms with Crippen LogP contribution in [0.5, 0.6) is 0 Å². The molecule has 0 heterocycles. The van der Waals surface area contributed by atoms with Crippen LogP contribution in [0.4, 0.5) is 0 Å². The maximum atomic E-state index is 3.91. The van der Waals surface area contributed by atoms with Gasteiger partial charge in [-0.1, -0.05) is 48.0 Å². The minimum atomic E-state index is 0.862. The third-order valence-corrected chi connectivity index (χ3v) is 2.15. The van der Waals surface area contributed by atoms with Crippen LogP contribution in [-0.2, 0) is 22.8 Å². The van der Waals surface area contributed by atoms with E-state index in [9.17, 15) is 0 Å². The van der Waals surface area contributed by atoms with Gasteiger partial charge in [-0.15, -0.1) is 0 Å². The summed E-state index contributed by atoms with van der Waals surface area (Å²) in [5.41, 5.74) is 1.33. The van der Waals surface area contributed by atoms with E-state index in [4.69, 9.17) is 0 Å². The molecule has 2 rings (SSSR count). The maximum absolute atomic E-state index is 3.91. The van der Waals surface area contributed by atoms with E-state index in [1.165, 1.54) is 32.7 Å². The molecule has 0 nitrogen and oxygen atoms in total. The van der Waals surface area contributed by atoms with E-state index in [1.807, 2.05) is 0 Å². The van der Waals surface area contributed by atoms with Gasteiger partial charge in [-0.25, -0.2) is 0 Å². The zero-order valence-electron chi connectivity index (χ0n) is 8.04. The minimum absolute atomic E-state index is 0.862. The molecule has 0 radical (unpaired) electrons. The summed E-state index contributed by atoms with van der Waals surface area (Å²) in [6.07, 6.45) is 0.862. The zero-order valence-corrected chi connectivity index (χ0v) is 12.6. The fourth-order valence-corrected chi connectivity index (χ4v) is 1.51. The molecular formula is C12H11BrZn. The van der Waals surface area contributed by atoms with Gasteiger partial charge >= 0.3 is 30.0 Å². The molecule has 2 aromatic carbocycles. The normalized spacial score (nSPS) is 9.43. The van der Waals surface area contributed by atoms with Crippen LogP contribution in [0, 0.1) is 6.92 Å². The van der Waals surface area contributed by atoms with Gasteiger partial charge in [0.15, 0.2) is 0 Å². The molecule has 0 bridgehead atoms. The molecule has 2 heteroatoms. The Morgan fingerprint density at radius 2 is 1.64 bits per heavy atom. The molecule has 0 spiro atoms. The summed E-state index contributed by atoms with van der Waals surface area (Å²) in [4.78, 5) is 0. The Balaban J connectivity index is 0.000000461. The molecule has 0 saturated carbocycles. The van der Waals surface area contributed by atoms with Gasteiger partial charge in [0.25, 0.3) is 0 Å². The van der Waals surface area contributed by atoms with Gasteiger partial charge in [0, 0.05) is 0 Å². The molecule has 0 aliphatic rings. The molecule has 68 valence electrons. The molecule has 0 fully saturated rings. The van der Waals surface area contributed by atoms with Gasteiger partial charge < -0.3 is 6.92 Å². The first-order valence-electron chi connectivity index (χ1n) is 4.44. The Hall–Kier alpha value is -0.197. The van der Waals surface area contributed by atoms with Crippen LogP contribution in [0.3, 0.4) is 0 Å². The number of hydrogen-bond acceptors (Lipinski definition) is 0. The van der Waals surface area contributed by atoms with Crippen LogP contribution < -0.4 is 0 Å². The molecule has 0 N–H and O–H groups in total. The number of rotatable bonds is 1. The fraction of sp³-hybridized carbons (Fsp3) is 0.0833. The monoisotopic (exact) mass is 298 g/mol.